The first-order chi connectivity index (χ1) is 13.5. The van der Waals surface area contributed by atoms with E-state index < -0.39 is 0 Å². The Kier molecular flexibility index (Phi) is 3.91. The number of nitrogens with zero attached hydrogens (tertiary/aromatic N) is 1. The number of rotatable bonds is 2. The fourth-order valence-electron chi connectivity index (χ4n) is 5.44. The van der Waals surface area contributed by atoms with Crippen LogP contribution in [0.1, 0.15) is 37.7 Å². The highest BCUT2D eigenvalue weighted by Crippen LogP contribution is 2.58. The van der Waals surface area contributed by atoms with Crippen molar-refractivity contribution in [3.8, 4) is 0 Å². The Bertz CT molecular complexity index is 945. The number of hydrogen-bond donors (Lipinski definition) is 1. The van der Waals surface area contributed by atoms with Gasteiger partial charge < -0.3 is 9.84 Å². The number of pyridine rings is 1. The number of Topliss-reactive ketones (excluding diaryl/α,β-unsaturated/α-hetero) is 2. The van der Waals surface area contributed by atoms with Gasteiger partial charge in [0.05, 0.1) is 11.5 Å². The van der Waals surface area contributed by atoms with Crippen molar-refractivity contribution in [3.05, 3.63) is 65.2 Å². The third-order valence-electron chi connectivity index (χ3n) is 6.90. The van der Waals surface area contributed by atoms with Crippen LogP contribution in [0, 0.1) is 17.3 Å². The maximum Gasteiger partial charge on any atom is 0.166 e. The quantitative estimate of drug-likeness (QED) is 0.858. The maximum atomic E-state index is 13.0. The molecule has 5 rings (SSSR count). The molecule has 4 aliphatic rings. The lowest BCUT2D eigenvalue weighted by molar-refractivity contribution is -0.120. The fourth-order valence-corrected chi connectivity index (χ4v) is 5.44. The van der Waals surface area contributed by atoms with Gasteiger partial charge in [-0.25, -0.2) is 0 Å². The molecule has 0 aromatic carbocycles. The molecule has 5 atom stereocenters. The third-order valence-corrected chi connectivity index (χ3v) is 6.90. The van der Waals surface area contributed by atoms with Crippen molar-refractivity contribution in [2.45, 2.75) is 38.2 Å². The zero-order valence-electron chi connectivity index (χ0n) is 15.8. The second-order valence-electron chi connectivity index (χ2n) is 8.60. The molecule has 5 heteroatoms. The number of fused-ring (bicyclic) bond motifs is 3. The van der Waals surface area contributed by atoms with E-state index in [0.29, 0.717) is 30.6 Å². The summed E-state index contributed by atoms with van der Waals surface area (Å²) < 4.78 is 6.37. The molecule has 1 aromatic rings. The zero-order chi connectivity index (χ0) is 19.5. The summed E-state index contributed by atoms with van der Waals surface area (Å²) in [6.45, 7) is 2.11. The van der Waals surface area contributed by atoms with Crippen molar-refractivity contribution < 1.29 is 19.4 Å². The van der Waals surface area contributed by atoms with Gasteiger partial charge in [-0.15, -0.1) is 0 Å². The van der Waals surface area contributed by atoms with Crippen LogP contribution in [0.2, 0.25) is 0 Å². The standard InChI is InChI=1S/C23H23NO4/c1-23-5-4-14-9-16-18(26)7-13(12-25)8-20(16)28-22(14)17(23)10-19(27)21(23)15-3-2-6-24-11-15/h2-6,9,11,13,17,21-22,25H,7-8,10,12H2,1H3/t13?,17-,21-,22+,23-/m0/s1. The van der Waals surface area contributed by atoms with Crippen LogP contribution in [-0.2, 0) is 14.3 Å². The van der Waals surface area contributed by atoms with E-state index in [0.717, 1.165) is 11.1 Å². The average molecular weight is 377 g/mol. The van der Waals surface area contributed by atoms with Crippen molar-refractivity contribution in [2.75, 3.05) is 6.61 Å². The van der Waals surface area contributed by atoms with Gasteiger partial charge in [-0.3, -0.25) is 14.6 Å². The Morgan fingerprint density at radius 1 is 1.29 bits per heavy atom. The Morgan fingerprint density at radius 3 is 2.89 bits per heavy atom. The second kappa shape index (κ2) is 6.24. The molecule has 0 amide bonds. The van der Waals surface area contributed by atoms with Crippen molar-refractivity contribution in [3.63, 3.8) is 0 Å². The summed E-state index contributed by atoms with van der Waals surface area (Å²) in [6.07, 6.45) is 10.7. The summed E-state index contributed by atoms with van der Waals surface area (Å²) in [6, 6.07) is 3.84. The lowest BCUT2D eigenvalue weighted by Crippen LogP contribution is -2.41. The summed E-state index contributed by atoms with van der Waals surface area (Å²) in [5, 5.41) is 9.51. The number of carbonyl (C=O) groups is 2. The Balaban J connectivity index is 1.53. The minimum Gasteiger partial charge on any atom is -0.489 e. The molecule has 0 saturated heterocycles. The first-order valence-electron chi connectivity index (χ1n) is 9.88. The van der Waals surface area contributed by atoms with E-state index in [1.807, 2.05) is 24.3 Å². The average Bonchev–Trinajstić information content (AvgIpc) is 2.98. The van der Waals surface area contributed by atoms with Crippen LogP contribution in [0.5, 0.6) is 0 Å². The SMILES string of the molecule is C[C@]12C=CC3=CC4=C(CC(CO)CC4=O)O[C@H]3[C@@H]1CC(=O)[C@@H]2c1cccnc1. The van der Waals surface area contributed by atoms with Gasteiger partial charge >= 0.3 is 0 Å². The minimum atomic E-state index is -0.352. The number of aliphatic hydroxyl groups excluding tert-OH is 1. The van der Waals surface area contributed by atoms with E-state index in [1.165, 1.54) is 0 Å². The molecule has 0 bridgehead atoms. The van der Waals surface area contributed by atoms with Gasteiger partial charge in [0.25, 0.3) is 0 Å². The first-order valence-corrected chi connectivity index (χ1v) is 9.88. The zero-order valence-corrected chi connectivity index (χ0v) is 15.8. The van der Waals surface area contributed by atoms with Crippen LogP contribution < -0.4 is 0 Å². The predicted molar refractivity (Wildman–Crippen MR) is 102 cm³/mol. The van der Waals surface area contributed by atoms with E-state index in [9.17, 15) is 14.7 Å². The monoisotopic (exact) mass is 377 g/mol. The van der Waals surface area contributed by atoms with Gasteiger partial charge in [-0.2, -0.15) is 0 Å². The van der Waals surface area contributed by atoms with Gasteiger partial charge in [0.1, 0.15) is 17.6 Å². The molecular formula is C23H23NO4. The van der Waals surface area contributed by atoms with E-state index in [2.05, 4.69) is 18.0 Å². The second-order valence-corrected chi connectivity index (χ2v) is 8.60. The first kappa shape index (κ1) is 17.6. The third kappa shape index (κ3) is 2.46. The predicted octanol–water partition coefficient (Wildman–Crippen LogP) is 2.88. The molecule has 3 aliphatic carbocycles. The molecule has 1 saturated carbocycles. The topological polar surface area (TPSA) is 76.5 Å². The number of hydrogen-bond acceptors (Lipinski definition) is 5. The molecule has 1 aliphatic heterocycles. The molecule has 1 aromatic heterocycles. The highest BCUT2D eigenvalue weighted by atomic mass is 16.5. The number of aliphatic hydroxyl groups is 1. The number of ketones is 2. The van der Waals surface area contributed by atoms with Crippen molar-refractivity contribution >= 4 is 11.6 Å². The summed E-state index contributed by atoms with van der Waals surface area (Å²) in [7, 11) is 0. The molecule has 0 spiro atoms. The van der Waals surface area contributed by atoms with Crippen LogP contribution in [0.3, 0.4) is 0 Å². The van der Waals surface area contributed by atoms with Crippen molar-refractivity contribution in [2.24, 2.45) is 17.3 Å². The Hall–Kier alpha value is -2.53. The van der Waals surface area contributed by atoms with Gasteiger partial charge in [-0.05, 0) is 29.2 Å². The number of allylic oxidation sites excluding steroid dienone is 4. The van der Waals surface area contributed by atoms with Gasteiger partial charge in [0.2, 0.25) is 0 Å². The smallest absolute Gasteiger partial charge is 0.166 e. The molecule has 0 radical (unpaired) electrons. The highest BCUT2D eigenvalue weighted by molar-refractivity contribution is 6.00. The summed E-state index contributed by atoms with van der Waals surface area (Å²) in [5.41, 5.74) is 2.20. The lowest BCUT2D eigenvalue weighted by Gasteiger charge is -2.44. The molecule has 2 heterocycles. The lowest BCUT2D eigenvalue weighted by atomic mass is 9.65. The van der Waals surface area contributed by atoms with Crippen molar-refractivity contribution in [1.82, 2.24) is 4.98 Å². The molecule has 28 heavy (non-hydrogen) atoms. The Morgan fingerprint density at radius 2 is 2.14 bits per heavy atom. The van der Waals surface area contributed by atoms with Crippen molar-refractivity contribution in [1.29, 1.82) is 0 Å². The van der Waals surface area contributed by atoms with Crippen LogP contribution in [0.4, 0.5) is 0 Å². The van der Waals surface area contributed by atoms with Gasteiger partial charge in [-0.1, -0.05) is 25.1 Å². The Labute approximate surface area is 163 Å². The maximum absolute atomic E-state index is 13.0. The summed E-state index contributed by atoms with van der Waals surface area (Å²) in [4.78, 5) is 29.7. The summed E-state index contributed by atoms with van der Waals surface area (Å²) >= 11 is 0. The molecule has 1 N–H and O–H groups in total. The highest BCUT2D eigenvalue weighted by Gasteiger charge is 2.57. The van der Waals surface area contributed by atoms with E-state index in [1.54, 1.807) is 12.4 Å². The number of aromatic nitrogens is 1. The van der Waals surface area contributed by atoms with E-state index in [4.69, 9.17) is 4.74 Å². The van der Waals surface area contributed by atoms with Crippen LogP contribution >= 0.6 is 0 Å². The molecule has 144 valence electrons. The molecule has 5 nitrogen and oxygen atoms in total. The van der Waals surface area contributed by atoms with E-state index in [-0.39, 0.29) is 47.4 Å². The minimum absolute atomic E-state index is 0.0140. The fraction of sp³-hybridized carbons (Fsp3) is 0.435. The van der Waals surface area contributed by atoms with Gasteiger partial charge in [0, 0.05) is 49.6 Å². The molecule has 1 unspecified atom stereocenters. The molecular weight excluding hydrogens is 354 g/mol. The van der Waals surface area contributed by atoms with Crippen LogP contribution in [0.25, 0.3) is 0 Å². The summed E-state index contributed by atoms with van der Waals surface area (Å²) in [5.74, 6) is 0.617. The molecule has 1 fully saturated rings. The largest absolute Gasteiger partial charge is 0.489 e. The van der Waals surface area contributed by atoms with Crippen LogP contribution in [-0.4, -0.2) is 34.4 Å². The van der Waals surface area contributed by atoms with E-state index >= 15 is 0 Å². The number of carbonyl (C=O) groups excluding carboxylic acids is 2. The normalized spacial score (nSPS) is 36.4. The van der Waals surface area contributed by atoms with Gasteiger partial charge in [0.15, 0.2) is 5.78 Å². The number of ether oxygens (including phenoxy) is 1. The van der Waals surface area contributed by atoms with Crippen LogP contribution in [0.15, 0.2) is 59.7 Å².